The van der Waals surface area contributed by atoms with Crippen LogP contribution in [0, 0.1) is 0 Å². The van der Waals surface area contributed by atoms with E-state index >= 15 is 0 Å². The van der Waals surface area contributed by atoms with Gasteiger partial charge < -0.3 is 0 Å². The molecule has 1 aromatic carbocycles. The number of para-hydroxylation sites is 1. The molecule has 0 unspecified atom stereocenters. The maximum Gasteiger partial charge on any atom is 0.261 e. The summed E-state index contributed by atoms with van der Waals surface area (Å²) in [5, 5.41) is 4.53. The Labute approximate surface area is 96.1 Å². The van der Waals surface area contributed by atoms with Crippen LogP contribution in [0.5, 0.6) is 0 Å². The maximum absolute atomic E-state index is 12.1. The summed E-state index contributed by atoms with van der Waals surface area (Å²) in [6, 6.07) is 7.23. The summed E-state index contributed by atoms with van der Waals surface area (Å²) in [6.07, 6.45) is 0. The van der Waals surface area contributed by atoms with Crippen molar-refractivity contribution in [1.82, 2.24) is 26.0 Å². The normalized spacial score (nSPS) is 14.3. The van der Waals surface area contributed by atoms with Gasteiger partial charge >= 0.3 is 0 Å². The predicted octanol–water partition coefficient (Wildman–Crippen LogP) is -0.792. The largest absolute Gasteiger partial charge is 0.293 e. The lowest BCUT2D eigenvalue weighted by Crippen LogP contribution is -2.38. The zero-order valence-electron chi connectivity index (χ0n) is 9.06. The first-order valence-corrected chi connectivity index (χ1v) is 5.07. The van der Waals surface area contributed by atoms with Crippen LogP contribution in [0.3, 0.4) is 0 Å². The van der Waals surface area contributed by atoms with Gasteiger partial charge in [-0.2, -0.15) is 0 Å². The minimum absolute atomic E-state index is 0.0954. The molecular weight excluding hydrogens is 220 g/mol. The maximum atomic E-state index is 12.1. The van der Waals surface area contributed by atoms with Crippen LogP contribution >= 0.6 is 0 Å². The van der Waals surface area contributed by atoms with E-state index in [9.17, 15) is 4.79 Å². The monoisotopic (exact) mass is 230 g/mol. The molecule has 1 aromatic heterocycles. The Balaban J connectivity index is 2.33. The number of rotatable bonds is 1. The van der Waals surface area contributed by atoms with Crippen molar-refractivity contribution in [3.8, 4) is 0 Å². The van der Waals surface area contributed by atoms with Gasteiger partial charge in [0.1, 0.15) is 0 Å². The number of nitrogens with zero attached hydrogens (tertiary/aromatic N) is 3. The van der Waals surface area contributed by atoms with Crippen molar-refractivity contribution in [3.05, 3.63) is 40.4 Å². The molecule has 3 N–H and O–H groups in total. The van der Waals surface area contributed by atoms with Gasteiger partial charge in [-0.25, -0.2) is 10.5 Å². The number of fused-ring (bicyclic) bond motifs is 1. The summed E-state index contributed by atoms with van der Waals surface area (Å²) in [4.78, 5) is 16.5. The van der Waals surface area contributed by atoms with Crippen molar-refractivity contribution in [3.63, 3.8) is 0 Å². The Hall–Kier alpha value is -2.41. The molecule has 0 aliphatic carbocycles. The fourth-order valence-corrected chi connectivity index (χ4v) is 1.73. The van der Waals surface area contributed by atoms with E-state index in [0.29, 0.717) is 22.6 Å². The van der Waals surface area contributed by atoms with Crippen molar-refractivity contribution in [2.75, 3.05) is 0 Å². The van der Waals surface area contributed by atoms with Gasteiger partial charge in [0.15, 0.2) is 5.82 Å². The topological polar surface area (TPSA) is 83.3 Å². The van der Waals surface area contributed by atoms with Crippen molar-refractivity contribution >= 4 is 16.7 Å². The van der Waals surface area contributed by atoms with Crippen LogP contribution in [0.1, 0.15) is 5.82 Å². The molecule has 1 aliphatic rings. The van der Waals surface area contributed by atoms with E-state index in [2.05, 4.69) is 26.6 Å². The standard InChI is InChI=1S/C10H10N6O/c1-16-9(8-12-14-15-13-8)11-7-5-3-2-4-6(7)10(16)17/h2-5,14-15H,1H3,(H,12,13). The van der Waals surface area contributed by atoms with Crippen molar-refractivity contribution in [2.24, 2.45) is 12.1 Å². The van der Waals surface area contributed by atoms with Crippen molar-refractivity contribution in [2.45, 2.75) is 0 Å². The summed E-state index contributed by atoms with van der Waals surface area (Å²) >= 11 is 0. The average molecular weight is 230 g/mol. The van der Waals surface area contributed by atoms with Crippen LogP contribution in [0.4, 0.5) is 0 Å². The molecule has 0 fully saturated rings. The molecule has 0 saturated heterocycles. The van der Waals surface area contributed by atoms with Crippen molar-refractivity contribution in [1.29, 1.82) is 0 Å². The third-order valence-corrected chi connectivity index (χ3v) is 2.60. The molecule has 86 valence electrons. The van der Waals surface area contributed by atoms with Gasteiger partial charge in [-0.3, -0.25) is 14.8 Å². The quantitative estimate of drug-likeness (QED) is 0.598. The molecule has 0 spiro atoms. The molecule has 1 aliphatic heterocycles. The fourth-order valence-electron chi connectivity index (χ4n) is 1.73. The molecule has 17 heavy (non-hydrogen) atoms. The van der Waals surface area contributed by atoms with E-state index in [4.69, 9.17) is 0 Å². The predicted molar refractivity (Wildman–Crippen MR) is 62.9 cm³/mol. The van der Waals surface area contributed by atoms with Crippen LogP contribution < -0.4 is 22.1 Å². The number of benzene rings is 1. The SMILES string of the molecule is Cn1c(C2=NNNN2)nc2ccccc2c1=O. The minimum Gasteiger partial charge on any atom is -0.293 e. The Morgan fingerprint density at radius 3 is 2.88 bits per heavy atom. The highest BCUT2D eigenvalue weighted by atomic mass is 16.1. The van der Waals surface area contributed by atoms with E-state index in [1.807, 2.05) is 12.1 Å². The third-order valence-electron chi connectivity index (χ3n) is 2.60. The average Bonchev–Trinajstić information content (AvgIpc) is 2.87. The summed E-state index contributed by atoms with van der Waals surface area (Å²) < 4.78 is 1.46. The molecule has 7 heteroatoms. The second-order valence-corrected chi connectivity index (χ2v) is 3.64. The first-order valence-electron chi connectivity index (χ1n) is 5.07. The first kappa shape index (κ1) is 9.79. The molecule has 2 heterocycles. The molecule has 0 radical (unpaired) electrons. The number of hydrogen-bond donors (Lipinski definition) is 3. The van der Waals surface area contributed by atoms with Crippen LogP contribution in [-0.4, -0.2) is 15.4 Å². The zero-order chi connectivity index (χ0) is 11.8. The first-order chi connectivity index (χ1) is 8.27. The zero-order valence-corrected chi connectivity index (χ0v) is 9.06. The van der Waals surface area contributed by atoms with E-state index < -0.39 is 0 Å². The number of amidine groups is 1. The van der Waals surface area contributed by atoms with E-state index in [1.165, 1.54) is 4.57 Å². The molecule has 0 amide bonds. The molecule has 3 rings (SSSR count). The number of hydrazine groups is 2. The Morgan fingerprint density at radius 2 is 2.12 bits per heavy atom. The minimum atomic E-state index is -0.0954. The summed E-state index contributed by atoms with van der Waals surface area (Å²) in [7, 11) is 1.67. The Kier molecular flexibility index (Phi) is 2.05. The van der Waals surface area contributed by atoms with E-state index in [1.54, 1.807) is 19.2 Å². The second kappa shape index (κ2) is 3.56. The van der Waals surface area contributed by atoms with Crippen LogP contribution in [0.25, 0.3) is 10.9 Å². The van der Waals surface area contributed by atoms with Gasteiger partial charge in [-0.05, 0) is 12.1 Å². The number of hydrazone groups is 1. The van der Waals surface area contributed by atoms with Crippen LogP contribution in [0.15, 0.2) is 34.2 Å². The van der Waals surface area contributed by atoms with E-state index in [0.717, 1.165) is 0 Å². The van der Waals surface area contributed by atoms with Gasteiger partial charge in [-0.1, -0.05) is 12.1 Å². The lowest BCUT2D eigenvalue weighted by molar-refractivity contribution is 0.576. The fraction of sp³-hybridized carbons (Fsp3) is 0.100. The molecule has 0 bridgehead atoms. The number of hydrogen-bond acceptors (Lipinski definition) is 6. The van der Waals surface area contributed by atoms with E-state index in [-0.39, 0.29) is 5.56 Å². The number of aromatic nitrogens is 2. The summed E-state index contributed by atoms with van der Waals surface area (Å²) in [6.45, 7) is 0. The van der Waals surface area contributed by atoms with Gasteiger partial charge in [-0.15, -0.1) is 10.6 Å². The highest BCUT2D eigenvalue weighted by molar-refractivity contribution is 5.97. The van der Waals surface area contributed by atoms with Gasteiger partial charge in [0, 0.05) is 7.05 Å². The highest BCUT2D eigenvalue weighted by Crippen LogP contribution is 2.07. The summed E-state index contributed by atoms with van der Waals surface area (Å²) in [5.41, 5.74) is 8.48. The molecule has 2 aromatic rings. The lowest BCUT2D eigenvalue weighted by atomic mass is 10.2. The summed E-state index contributed by atoms with van der Waals surface area (Å²) in [5.74, 6) is 0.960. The van der Waals surface area contributed by atoms with Crippen molar-refractivity contribution < 1.29 is 0 Å². The van der Waals surface area contributed by atoms with Crippen LogP contribution in [0.2, 0.25) is 0 Å². The van der Waals surface area contributed by atoms with Gasteiger partial charge in [0.25, 0.3) is 5.56 Å². The smallest absolute Gasteiger partial charge is 0.261 e. The molecule has 0 atom stereocenters. The second-order valence-electron chi connectivity index (χ2n) is 3.64. The molecule has 0 saturated carbocycles. The molecule has 7 nitrogen and oxygen atoms in total. The highest BCUT2D eigenvalue weighted by Gasteiger charge is 2.15. The van der Waals surface area contributed by atoms with Gasteiger partial charge in [0.2, 0.25) is 5.84 Å². The lowest BCUT2D eigenvalue weighted by Gasteiger charge is -2.07. The Bertz CT molecular complexity index is 674. The van der Waals surface area contributed by atoms with Crippen LogP contribution in [-0.2, 0) is 7.05 Å². The number of nitrogens with one attached hydrogen (secondary N) is 3. The van der Waals surface area contributed by atoms with Gasteiger partial charge in [0.05, 0.1) is 10.9 Å². The molecular formula is C10H10N6O. The third kappa shape index (κ3) is 1.44. The Morgan fingerprint density at radius 1 is 1.29 bits per heavy atom.